The molecule has 9 heteroatoms. The van der Waals surface area contributed by atoms with Crippen LogP contribution in [0.3, 0.4) is 0 Å². The first-order valence-electron chi connectivity index (χ1n) is 8.52. The fourth-order valence-corrected chi connectivity index (χ4v) is 2.89. The summed E-state index contributed by atoms with van der Waals surface area (Å²) in [6, 6.07) is 6.37. The number of ether oxygens (including phenoxy) is 2. The van der Waals surface area contributed by atoms with Crippen LogP contribution in [0.4, 0.5) is 0 Å². The molecule has 28 heavy (non-hydrogen) atoms. The second-order valence-corrected chi connectivity index (χ2v) is 6.31. The summed E-state index contributed by atoms with van der Waals surface area (Å²) in [6.45, 7) is 2.40. The number of methoxy groups -OCH3 is 2. The third-order valence-corrected chi connectivity index (χ3v) is 4.47. The maximum atomic E-state index is 12.7. The van der Waals surface area contributed by atoms with E-state index in [2.05, 4.69) is 15.0 Å². The molecule has 0 aliphatic rings. The van der Waals surface area contributed by atoms with E-state index in [1.807, 2.05) is 6.92 Å². The zero-order chi connectivity index (χ0) is 20.3. The van der Waals surface area contributed by atoms with E-state index >= 15 is 0 Å². The number of hydrogen-bond donors (Lipinski definition) is 1. The first kappa shape index (κ1) is 19.6. The Labute approximate surface area is 166 Å². The highest BCUT2D eigenvalue weighted by Crippen LogP contribution is 2.30. The fourth-order valence-electron chi connectivity index (χ4n) is 2.78. The number of aromatic nitrogens is 3. The molecule has 0 saturated heterocycles. The molecule has 2 aromatic heterocycles. The van der Waals surface area contributed by atoms with Crippen molar-refractivity contribution < 1.29 is 14.3 Å². The van der Waals surface area contributed by atoms with Crippen LogP contribution in [0.5, 0.6) is 11.5 Å². The summed E-state index contributed by atoms with van der Waals surface area (Å²) in [7, 11) is 3.01. The highest BCUT2D eigenvalue weighted by Gasteiger charge is 2.17. The molecule has 0 aliphatic heterocycles. The van der Waals surface area contributed by atoms with Gasteiger partial charge in [0.1, 0.15) is 11.0 Å². The van der Waals surface area contributed by atoms with Crippen molar-refractivity contribution in [2.75, 3.05) is 20.8 Å². The lowest BCUT2D eigenvalue weighted by Crippen LogP contribution is -2.32. The summed E-state index contributed by atoms with van der Waals surface area (Å²) in [6.07, 6.45) is 1.42. The Balaban J connectivity index is 1.94. The quantitative estimate of drug-likeness (QED) is 0.636. The van der Waals surface area contributed by atoms with Crippen LogP contribution in [0.15, 0.2) is 35.3 Å². The normalized spacial score (nSPS) is 10.7. The Morgan fingerprint density at radius 3 is 2.54 bits per heavy atom. The molecule has 1 N–H and O–H groups in total. The summed E-state index contributed by atoms with van der Waals surface area (Å²) in [5, 5.41) is 0.683. The first-order chi connectivity index (χ1) is 13.5. The van der Waals surface area contributed by atoms with Gasteiger partial charge in [-0.25, -0.2) is 9.97 Å². The van der Waals surface area contributed by atoms with Crippen LogP contribution in [0.2, 0.25) is 5.15 Å². The van der Waals surface area contributed by atoms with E-state index in [0.717, 1.165) is 0 Å². The Morgan fingerprint density at radius 1 is 1.21 bits per heavy atom. The zero-order valence-electron chi connectivity index (χ0n) is 15.7. The van der Waals surface area contributed by atoms with Crippen molar-refractivity contribution in [3.8, 4) is 11.5 Å². The van der Waals surface area contributed by atoms with E-state index < -0.39 is 0 Å². The van der Waals surface area contributed by atoms with Gasteiger partial charge < -0.3 is 19.4 Å². The SMILES string of the molecule is CCN(Cc1nc2cc(OC)c(OC)cc2c(=O)[nH]1)C(=O)c1ccc(Cl)nc1. The monoisotopic (exact) mass is 402 g/mol. The van der Waals surface area contributed by atoms with Gasteiger partial charge in [-0.05, 0) is 25.1 Å². The second-order valence-electron chi connectivity index (χ2n) is 5.93. The summed E-state index contributed by atoms with van der Waals surface area (Å²) in [5.41, 5.74) is 0.534. The molecule has 2 heterocycles. The number of hydrogen-bond acceptors (Lipinski definition) is 6. The Bertz CT molecular complexity index is 1070. The van der Waals surface area contributed by atoms with E-state index in [4.69, 9.17) is 21.1 Å². The van der Waals surface area contributed by atoms with Gasteiger partial charge in [0.05, 0.1) is 37.2 Å². The van der Waals surface area contributed by atoms with Gasteiger partial charge in [0.15, 0.2) is 11.5 Å². The number of fused-ring (bicyclic) bond motifs is 1. The average Bonchev–Trinajstić information content (AvgIpc) is 2.71. The molecular weight excluding hydrogens is 384 g/mol. The van der Waals surface area contributed by atoms with Gasteiger partial charge in [-0.3, -0.25) is 9.59 Å². The van der Waals surface area contributed by atoms with Crippen molar-refractivity contribution in [2.45, 2.75) is 13.5 Å². The van der Waals surface area contributed by atoms with Crippen LogP contribution in [0.25, 0.3) is 10.9 Å². The average molecular weight is 403 g/mol. The maximum absolute atomic E-state index is 12.7. The highest BCUT2D eigenvalue weighted by molar-refractivity contribution is 6.29. The molecule has 3 rings (SSSR count). The topological polar surface area (TPSA) is 97.4 Å². The zero-order valence-corrected chi connectivity index (χ0v) is 16.4. The molecular formula is C19H19ClN4O4. The van der Waals surface area contributed by atoms with Crippen molar-refractivity contribution in [3.05, 3.63) is 57.4 Å². The molecule has 0 fully saturated rings. The van der Waals surface area contributed by atoms with Crippen LogP contribution < -0.4 is 15.0 Å². The highest BCUT2D eigenvalue weighted by atomic mass is 35.5. The fraction of sp³-hybridized carbons (Fsp3) is 0.263. The van der Waals surface area contributed by atoms with Crippen molar-refractivity contribution >= 4 is 28.4 Å². The molecule has 0 unspecified atom stereocenters. The summed E-state index contributed by atoms with van der Waals surface area (Å²) >= 11 is 5.77. The second kappa shape index (κ2) is 8.26. The number of nitrogens with zero attached hydrogens (tertiary/aromatic N) is 3. The van der Waals surface area contributed by atoms with E-state index in [1.165, 1.54) is 20.4 Å². The van der Waals surface area contributed by atoms with Crippen LogP contribution in [-0.2, 0) is 6.54 Å². The standard InChI is InChI=1S/C19H19ClN4O4/c1-4-24(19(26)11-5-6-16(20)21-9-11)10-17-22-13-8-15(28-3)14(27-2)7-12(13)18(25)23-17/h5-9H,4,10H2,1-3H3,(H,22,23,25). The Morgan fingerprint density at radius 2 is 1.93 bits per heavy atom. The number of halogens is 1. The van der Waals surface area contributed by atoms with Crippen LogP contribution in [-0.4, -0.2) is 46.5 Å². The molecule has 0 radical (unpaired) electrons. The smallest absolute Gasteiger partial charge is 0.258 e. The number of pyridine rings is 1. The minimum Gasteiger partial charge on any atom is -0.493 e. The van der Waals surface area contributed by atoms with Crippen molar-refractivity contribution in [3.63, 3.8) is 0 Å². The van der Waals surface area contributed by atoms with Crippen molar-refractivity contribution in [1.29, 1.82) is 0 Å². The summed E-state index contributed by atoms with van der Waals surface area (Å²) in [5.74, 6) is 1.04. The van der Waals surface area contributed by atoms with Gasteiger partial charge in [-0.2, -0.15) is 0 Å². The number of aromatic amines is 1. The number of rotatable bonds is 6. The third-order valence-electron chi connectivity index (χ3n) is 4.24. The van der Waals surface area contributed by atoms with Gasteiger partial charge in [0.25, 0.3) is 11.5 Å². The Hall–Kier alpha value is -3.13. The van der Waals surface area contributed by atoms with Crippen LogP contribution in [0, 0.1) is 0 Å². The van der Waals surface area contributed by atoms with E-state index in [0.29, 0.717) is 45.5 Å². The molecule has 0 atom stereocenters. The lowest BCUT2D eigenvalue weighted by atomic mass is 10.2. The third kappa shape index (κ3) is 3.91. The number of carbonyl (C=O) groups is 1. The molecule has 0 saturated carbocycles. The van der Waals surface area contributed by atoms with Crippen molar-refractivity contribution in [2.24, 2.45) is 0 Å². The predicted octanol–water partition coefficient (Wildman–Crippen LogP) is 2.65. The summed E-state index contributed by atoms with van der Waals surface area (Å²) < 4.78 is 10.5. The van der Waals surface area contributed by atoms with Gasteiger partial charge in [-0.15, -0.1) is 0 Å². The molecule has 0 bridgehead atoms. The van der Waals surface area contributed by atoms with Crippen LogP contribution >= 0.6 is 11.6 Å². The number of carbonyl (C=O) groups excluding carboxylic acids is 1. The number of benzene rings is 1. The van der Waals surface area contributed by atoms with E-state index in [1.54, 1.807) is 29.2 Å². The van der Waals surface area contributed by atoms with E-state index in [9.17, 15) is 9.59 Å². The van der Waals surface area contributed by atoms with Crippen molar-refractivity contribution in [1.82, 2.24) is 19.9 Å². The molecule has 8 nitrogen and oxygen atoms in total. The van der Waals surface area contributed by atoms with Gasteiger partial charge in [-0.1, -0.05) is 11.6 Å². The Kier molecular flexibility index (Phi) is 5.79. The lowest BCUT2D eigenvalue weighted by Gasteiger charge is -2.20. The minimum atomic E-state index is -0.322. The lowest BCUT2D eigenvalue weighted by molar-refractivity contribution is 0.0748. The predicted molar refractivity (Wildman–Crippen MR) is 105 cm³/mol. The number of nitrogens with one attached hydrogen (secondary N) is 1. The van der Waals surface area contributed by atoms with Gasteiger partial charge in [0, 0.05) is 18.8 Å². The molecule has 0 spiro atoms. The van der Waals surface area contributed by atoms with Crippen LogP contribution in [0.1, 0.15) is 23.1 Å². The first-order valence-corrected chi connectivity index (χ1v) is 8.90. The van der Waals surface area contributed by atoms with Gasteiger partial charge >= 0.3 is 0 Å². The largest absolute Gasteiger partial charge is 0.493 e. The molecule has 1 aromatic carbocycles. The number of amides is 1. The molecule has 3 aromatic rings. The van der Waals surface area contributed by atoms with E-state index in [-0.39, 0.29) is 18.0 Å². The maximum Gasteiger partial charge on any atom is 0.258 e. The van der Waals surface area contributed by atoms with Gasteiger partial charge in [0.2, 0.25) is 0 Å². The molecule has 1 amide bonds. The summed E-state index contributed by atoms with van der Waals surface area (Å²) in [4.78, 5) is 37.9. The minimum absolute atomic E-state index is 0.136. The molecule has 146 valence electrons. The number of H-pyrrole nitrogens is 1. The molecule has 0 aliphatic carbocycles.